The molecule has 1 N–H and O–H groups in total. The molecule has 0 radical (unpaired) electrons. The largest absolute Gasteiger partial charge is 0.337 e. The summed E-state index contributed by atoms with van der Waals surface area (Å²) in [6.45, 7) is 2.34. The number of piperazine rings is 1. The number of nitrogens with zero attached hydrogens (tertiary/aromatic N) is 4. The van der Waals surface area contributed by atoms with Gasteiger partial charge in [0.25, 0.3) is 5.91 Å². The lowest BCUT2D eigenvalue weighted by Gasteiger charge is -2.34. The zero-order valence-electron chi connectivity index (χ0n) is 14.8. The maximum atomic E-state index is 12.8. The molecule has 27 heavy (non-hydrogen) atoms. The number of hydrogen-bond acceptors (Lipinski definition) is 6. The average molecular weight is 387 g/mol. The third kappa shape index (κ3) is 4.09. The topological polar surface area (TPSA) is 95.5 Å². The lowest BCUT2D eigenvalue weighted by atomic mass is 10.2. The molecule has 8 nitrogen and oxygen atoms in total. The molecule has 9 heteroatoms. The fraction of sp³-hybridized carbons (Fsp3) is 0.389. The van der Waals surface area contributed by atoms with Gasteiger partial charge >= 0.3 is 0 Å². The van der Waals surface area contributed by atoms with Crippen LogP contribution in [0.2, 0.25) is 0 Å². The maximum Gasteiger partial charge on any atom is 0.254 e. The summed E-state index contributed by atoms with van der Waals surface area (Å²) in [7, 11) is -3.57. The van der Waals surface area contributed by atoms with E-state index in [4.69, 9.17) is 0 Å². The molecule has 4 rings (SSSR count). The molecule has 0 bridgehead atoms. The SMILES string of the molecule is O=C(c1cccc(S(=O)(=O)NC2CC2)c1)N1CCN(c2ncccn2)CC1. The molecular weight excluding hydrogens is 366 g/mol. The van der Waals surface area contributed by atoms with Gasteiger partial charge in [-0.2, -0.15) is 0 Å². The molecule has 1 saturated carbocycles. The summed E-state index contributed by atoms with van der Waals surface area (Å²) in [4.78, 5) is 25.2. The molecule has 1 aliphatic carbocycles. The Morgan fingerprint density at radius 1 is 1.04 bits per heavy atom. The Bertz CT molecular complexity index is 923. The molecule has 2 heterocycles. The minimum atomic E-state index is -3.57. The molecule has 1 aromatic heterocycles. The van der Waals surface area contributed by atoms with Crippen LogP contribution in [0, 0.1) is 0 Å². The first-order chi connectivity index (χ1) is 13.0. The van der Waals surface area contributed by atoms with E-state index in [0.29, 0.717) is 37.7 Å². The van der Waals surface area contributed by atoms with Crippen LogP contribution in [0.3, 0.4) is 0 Å². The fourth-order valence-corrected chi connectivity index (χ4v) is 4.38. The van der Waals surface area contributed by atoms with Crippen molar-refractivity contribution in [3.05, 3.63) is 48.3 Å². The van der Waals surface area contributed by atoms with Crippen LogP contribution in [-0.4, -0.2) is 61.4 Å². The predicted molar refractivity (Wildman–Crippen MR) is 99.9 cm³/mol. The first-order valence-electron chi connectivity index (χ1n) is 8.96. The minimum Gasteiger partial charge on any atom is -0.337 e. The van der Waals surface area contributed by atoms with Crippen molar-refractivity contribution < 1.29 is 13.2 Å². The van der Waals surface area contributed by atoms with Crippen molar-refractivity contribution in [1.29, 1.82) is 0 Å². The molecule has 142 valence electrons. The Kier molecular flexibility index (Phi) is 4.79. The molecular formula is C18H21N5O3S. The van der Waals surface area contributed by atoms with Crippen molar-refractivity contribution in [3.8, 4) is 0 Å². The molecule has 1 aromatic carbocycles. The van der Waals surface area contributed by atoms with E-state index in [0.717, 1.165) is 12.8 Å². The van der Waals surface area contributed by atoms with E-state index in [1.165, 1.54) is 12.1 Å². The number of carbonyl (C=O) groups excluding carboxylic acids is 1. The van der Waals surface area contributed by atoms with Crippen LogP contribution in [0.15, 0.2) is 47.6 Å². The zero-order valence-corrected chi connectivity index (χ0v) is 15.6. The first kappa shape index (κ1) is 17.9. The van der Waals surface area contributed by atoms with Gasteiger partial charge in [-0.3, -0.25) is 4.79 Å². The summed E-state index contributed by atoms with van der Waals surface area (Å²) in [6, 6.07) is 8.05. The second kappa shape index (κ2) is 7.24. The van der Waals surface area contributed by atoms with Gasteiger partial charge in [-0.1, -0.05) is 6.07 Å². The minimum absolute atomic E-state index is 0.0302. The second-order valence-electron chi connectivity index (χ2n) is 6.75. The van der Waals surface area contributed by atoms with E-state index >= 15 is 0 Å². The number of benzene rings is 1. The van der Waals surface area contributed by atoms with Gasteiger partial charge in [-0.25, -0.2) is 23.1 Å². The van der Waals surface area contributed by atoms with Gasteiger partial charge in [0.05, 0.1) is 4.90 Å². The van der Waals surface area contributed by atoms with Gasteiger partial charge in [-0.15, -0.1) is 0 Å². The maximum absolute atomic E-state index is 12.8. The Balaban J connectivity index is 1.43. The number of aromatic nitrogens is 2. The van der Waals surface area contributed by atoms with Gasteiger partial charge in [0.2, 0.25) is 16.0 Å². The highest BCUT2D eigenvalue weighted by Gasteiger charge is 2.29. The van der Waals surface area contributed by atoms with Crippen molar-refractivity contribution in [1.82, 2.24) is 19.6 Å². The predicted octanol–water partition coefficient (Wildman–Crippen LogP) is 0.880. The molecule has 2 aromatic rings. The van der Waals surface area contributed by atoms with E-state index in [9.17, 15) is 13.2 Å². The number of sulfonamides is 1. The van der Waals surface area contributed by atoms with Gasteiger partial charge < -0.3 is 9.80 Å². The Morgan fingerprint density at radius 3 is 2.41 bits per heavy atom. The molecule has 1 saturated heterocycles. The third-order valence-corrected chi connectivity index (χ3v) is 6.21. The smallest absolute Gasteiger partial charge is 0.254 e. The molecule has 2 fully saturated rings. The third-order valence-electron chi connectivity index (χ3n) is 4.69. The van der Waals surface area contributed by atoms with Gasteiger partial charge in [0.1, 0.15) is 0 Å². The van der Waals surface area contributed by atoms with E-state index in [1.54, 1.807) is 35.5 Å². The highest BCUT2D eigenvalue weighted by atomic mass is 32.2. The van der Waals surface area contributed by atoms with Crippen LogP contribution in [0.4, 0.5) is 5.95 Å². The quantitative estimate of drug-likeness (QED) is 0.818. The number of rotatable bonds is 5. The van der Waals surface area contributed by atoms with Crippen LogP contribution in [0.25, 0.3) is 0 Å². The van der Waals surface area contributed by atoms with Gasteiger partial charge in [0.15, 0.2) is 0 Å². The highest BCUT2D eigenvalue weighted by Crippen LogP contribution is 2.23. The Hall–Kier alpha value is -2.52. The number of nitrogens with one attached hydrogen (secondary N) is 1. The zero-order chi connectivity index (χ0) is 18.9. The standard InChI is InChI=1S/C18H21N5O3S/c24-17(22-9-11-23(12-10-22)18-19-7-2-8-20-18)14-3-1-4-16(13-14)27(25,26)21-15-5-6-15/h1-4,7-8,13,15,21H,5-6,9-12H2. The van der Waals surface area contributed by atoms with Crippen LogP contribution in [-0.2, 0) is 10.0 Å². The monoisotopic (exact) mass is 387 g/mol. The summed E-state index contributed by atoms with van der Waals surface area (Å²) in [6.07, 6.45) is 5.13. The summed E-state index contributed by atoms with van der Waals surface area (Å²) >= 11 is 0. The van der Waals surface area contributed by atoms with E-state index in [1.807, 2.05) is 4.90 Å². The van der Waals surface area contributed by atoms with E-state index < -0.39 is 10.0 Å². The molecule has 0 atom stereocenters. The normalized spacial score (nSPS) is 17.8. The number of carbonyl (C=O) groups is 1. The van der Waals surface area contributed by atoms with Crippen molar-refractivity contribution in [2.75, 3.05) is 31.1 Å². The van der Waals surface area contributed by atoms with E-state index in [-0.39, 0.29) is 16.8 Å². The molecule has 1 aliphatic heterocycles. The van der Waals surface area contributed by atoms with Crippen LogP contribution < -0.4 is 9.62 Å². The van der Waals surface area contributed by atoms with Crippen LogP contribution >= 0.6 is 0 Å². The first-order valence-corrected chi connectivity index (χ1v) is 10.4. The lowest BCUT2D eigenvalue weighted by Crippen LogP contribution is -2.49. The van der Waals surface area contributed by atoms with Crippen molar-refractivity contribution in [2.24, 2.45) is 0 Å². The summed E-state index contributed by atoms with van der Waals surface area (Å²) in [5, 5.41) is 0. The summed E-state index contributed by atoms with van der Waals surface area (Å²) in [5.74, 6) is 0.496. The van der Waals surface area contributed by atoms with Gasteiger partial charge in [0, 0.05) is 50.2 Å². The summed E-state index contributed by atoms with van der Waals surface area (Å²) < 4.78 is 27.4. The second-order valence-corrected chi connectivity index (χ2v) is 8.47. The Labute approximate surface area is 158 Å². The van der Waals surface area contributed by atoms with Crippen molar-refractivity contribution >= 4 is 21.9 Å². The molecule has 2 aliphatic rings. The number of hydrogen-bond donors (Lipinski definition) is 1. The van der Waals surface area contributed by atoms with Gasteiger partial charge in [-0.05, 0) is 37.1 Å². The van der Waals surface area contributed by atoms with Crippen molar-refractivity contribution in [2.45, 2.75) is 23.8 Å². The lowest BCUT2D eigenvalue weighted by molar-refractivity contribution is 0.0746. The number of anilines is 1. The Morgan fingerprint density at radius 2 is 1.74 bits per heavy atom. The molecule has 0 spiro atoms. The number of amides is 1. The van der Waals surface area contributed by atoms with E-state index in [2.05, 4.69) is 14.7 Å². The average Bonchev–Trinajstić information content (AvgIpc) is 3.52. The van der Waals surface area contributed by atoms with Crippen molar-refractivity contribution in [3.63, 3.8) is 0 Å². The van der Waals surface area contributed by atoms with Crippen LogP contribution in [0.1, 0.15) is 23.2 Å². The fourth-order valence-electron chi connectivity index (χ4n) is 3.03. The molecule has 0 unspecified atom stereocenters. The summed E-state index contributed by atoms with van der Waals surface area (Å²) in [5.41, 5.74) is 0.387. The van der Waals surface area contributed by atoms with Crippen LogP contribution in [0.5, 0.6) is 0 Å². The molecule has 1 amide bonds. The highest BCUT2D eigenvalue weighted by molar-refractivity contribution is 7.89.